The normalized spacial score (nSPS) is 11.0. The van der Waals surface area contributed by atoms with Crippen molar-refractivity contribution in [2.45, 2.75) is 0 Å². The van der Waals surface area contributed by atoms with Crippen LogP contribution in [0.3, 0.4) is 0 Å². The summed E-state index contributed by atoms with van der Waals surface area (Å²) in [4.78, 5) is 12.0. The Hall–Kier alpha value is -4.64. The number of para-hydroxylation sites is 2. The van der Waals surface area contributed by atoms with Crippen molar-refractivity contribution in [3.63, 3.8) is 0 Å². The van der Waals surface area contributed by atoms with Crippen LogP contribution in [0.4, 0.5) is 17.3 Å². The molecule has 6 aromatic rings. The second-order valence-corrected chi connectivity index (χ2v) is 7.64. The number of hydrogen-bond acceptors (Lipinski definition) is 4. The zero-order valence-electron chi connectivity index (χ0n) is 17.7. The van der Waals surface area contributed by atoms with Crippen LogP contribution in [0.15, 0.2) is 126 Å². The third-order valence-corrected chi connectivity index (χ3v) is 5.47. The maximum atomic E-state index is 6.07. The van der Waals surface area contributed by atoms with E-state index in [-0.39, 0.29) is 0 Å². The average Bonchev–Trinajstić information content (AvgIpc) is 3.56. The molecule has 0 saturated heterocycles. The van der Waals surface area contributed by atoms with Crippen LogP contribution in [0.2, 0.25) is 0 Å². The van der Waals surface area contributed by atoms with Gasteiger partial charge in [-0.1, -0.05) is 48.5 Å². The quantitative estimate of drug-likeness (QED) is 0.292. The van der Waals surface area contributed by atoms with Crippen molar-refractivity contribution < 1.29 is 4.42 Å². The minimum Gasteiger partial charge on any atom is -0.454 e. The van der Waals surface area contributed by atoms with Crippen molar-refractivity contribution in [3.8, 4) is 17.3 Å². The summed E-state index contributed by atoms with van der Waals surface area (Å²) in [5.74, 6) is 3.12. The summed E-state index contributed by atoms with van der Waals surface area (Å²) in [7, 11) is 0. The molecule has 0 bridgehead atoms. The molecular formula is C28H20N4O. The highest BCUT2D eigenvalue weighted by atomic mass is 16.3. The van der Waals surface area contributed by atoms with Gasteiger partial charge in [-0.05, 0) is 60.7 Å². The van der Waals surface area contributed by atoms with Crippen LogP contribution in [0.5, 0.6) is 0 Å². The lowest BCUT2D eigenvalue weighted by Crippen LogP contribution is -2.14. The Labute approximate surface area is 191 Å². The molecule has 5 heteroatoms. The monoisotopic (exact) mass is 428 g/mol. The highest BCUT2D eigenvalue weighted by Crippen LogP contribution is 2.34. The maximum absolute atomic E-state index is 6.07. The molecule has 2 aromatic carbocycles. The first-order chi connectivity index (χ1) is 16.3. The van der Waals surface area contributed by atoms with E-state index in [0.717, 1.165) is 45.6 Å². The molecule has 4 heterocycles. The van der Waals surface area contributed by atoms with Gasteiger partial charge in [-0.15, -0.1) is 0 Å². The molecule has 4 aromatic heterocycles. The minimum absolute atomic E-state index is 0.736. The predicted octanol–water partition coefficient (Wildman–Crippen LogP) is 7.15. The topological polar surface area (TPSA) is 47.1 Å². The van der Waals surface area contributed by atoms with Gasteiger partial charge in [0, 0.05) is 23.5 Å². The van der Waals surface area contributed by atoms with Gasteiger partial charge in [-0.3, -0.25) is 4.90 Å². The Morgan fingerprint density at radius 1 is 0.636 bits per heavy atom. The fraction of sp³-hybridized carbons (Fsp3) is 0. The van der Waals surface area contributed by atoms with Gasteiger partial charge in [0.05, 0.1) is 0 Å². The first kappa shape index (κ1) is 19.1. The molecule has 0 N–H and O–H groups in total. The summed E-state index contributed by atoms with van der Waals surface area (Å²) < 4.78 is 8.06. The van der Waals surface area contributed by atoms with Gasteiger partial charge in [-0.25, -0.2) is 9.97 Å². The summed E-state index contributed by atoms with van der Waals surface area (Å²) in [6.07, 6.45) is 3.97. The Morgan fingerprint density at radius 3 is 2.18 bits per heavy atom. The van der Waals surface area contributed by atoms with E-state index in [1.807, 2.05) is 114 Å². The smallest absolute Gasteiger partial charge is 0.153 e. The van der Waals surface area contributed by atoms with Crippen LogP contribution in [-0.4, -0.2) is 14.5 Å². The SMILES string of the molecule is c1ccc(N(c2cccc(-c3cc4ccccc4o3)n2)c2cccc(-n3cccc3)n2)cc1. The predicted molar refractivity (Wildman–Crippen MR) is 131 cm³/mol. The largest absolute Gasteiger partial charge is 0.454 e. The van der Waals surface area contributed by atoms with Crippen molar-refractivity contribution in [2.75, 3.05) is 4.90 Å². The second-order valence-electron chi connectivity index (χ2n) is 7.64. The fourth-order valence-corrected chi connectivity index (χ4v) is 3.92. The first-order valence-electron chi connectivity index (χ1n) is 10.8. The van der Waals surface area contributed by atoms with Gasteiger partial charge in [0.25, 0.3) is 0 Å². The van der Waals surface area contributed by atoms with Crippen molar-refractivity contribution >= 4 is 28.3 Å². The van der Waals surface area contributed by atoms with Gasteiger partial charge in [0.2, 0.25) is 0 Å². The van der Waals surface area contributed by atoms with Crippen LogP contribution in [0, 0.1) is 0 Å². The number of anilines is 3. The van der Waals surface area contributed by atoms with Crippen molar-refractivity contribution in [3.05, 3.63) is 122 Å². The molecule has 0 saturated carbocycles. The van der Waals surface area contributed by atoms with Gasteiger partial charge in [-0.2, -0.15) is 0 Å². The second kappa shape index (κ2) is 8.13. The molecule has 0 aliphatic carbocycles. The molecule has 0 spiro atoms. The van der Waals surface area contributed by atoms with Crippen molar-refractivity contribution in [2.24, 2.45) is 0 Å². The van der Waals surface area contributed by atoms with E-state index in [1.165, 1.54) is 0 Å². The Bertz CT molecular complexity index is 1490. The van der Waals surface area contributed by atoms with E-state index in [4.69, 9.17) is 14.4 Å². The van der Waals surface area contributed by atoms with Gasteiger partial charge in [0.1, 0.15) is 28.7 Å². The van der Waals surface area contributed by atoms with Crippen molar-refractivity contribution in [1.29, 1.82) is 0 Å². The Morgan fingerprint density at radius 2 is 1.36 bits per heavy atom. The number of rotatable bonds is 5. The standard InChI is InChI=1S/C28H20N4O/c1-2-11-22(12-3-1)32(28-17-9-15-26(30-28)31-18-6-7-19-31)27-16-8-13-23(29-27)25-20-21-10-4-5-14-24(21)33-25/h1-20H. The average molecular weight is 428 g/mol. The molecule has 0 unspecified atom stereocenters. The number of furan rings is 1. The molecule has 6 rings (SSSR count). The molecule has 0 radical (unpaired) electrons. The number of hydrogen-bond donors (Lipinski definition) is 0. The van der Waals surface area contributed by atoms with Crippen LogP contribution < -0.4 is 4.90 Å². The third-order valence-electron chi connectivity index (χ3n) is 5.47. The number of nitrogens with zero attached hydrogens (tertiary/aromatic N) is 4. The summed E-state index contributed by atoms with van der Waals surface area (Å²) in [6, 6.07) is 36.1. The lowest BCUT2D eigenvalue weighted by molar-refractivity contribution is 0.629. The van der Waals surface area contributed by atoms with E-state index in [1.54, 1.807) is 0 Å². The number of benzene rings is 2. The molecule has 5 nitrogen and oxygen atoms in total. The number of pyridine rings is 2. The molecule has 158 valence electrons. The van der Waals surface area contributed by atoms with Gasteiger partial charge >= 0.3 is 0 Å². The lowest BCUT2D eigenvalue weighted by atomic mass is 10.2. The molecule has 0 amide bonds. The van der Waals surface area contributed by atoms with E-state index in [2.05, 4.69) is 17.0 Å². The van der Waals surface area contributed by atoms with Crippen LogP contribution in [-0.2, 0) is 0 Å². The minimum atomic E-state index is 0.736. The van der Waals surface area contributed by atoms with Crippen LogP contribution >= 0.6 is 0 Å². The van der Waals surface area contributed by atoms with E-state index in [0.29, 0.717) is 0 Å². The third kappa shape index (κ3) is 3.66. The summed E-state index contributed by atoms with van der Waals surface area (Å²) >= 11 is 0. The Balaban J connectivity index is 1.48. The van der Waals surface area contributed by atoms with Crippen LogP contribution in [0.25, 0.3) is 28.2 Å². The lowest BCUT2D eigenvalue weighted by Gasteiger charge is -2.24. The summed E-state index contributed by atoms with van der Waals surface area (Å²) in [5.41, 5.74) is 2.59. The molecule has 0 fully saturated rings. The zero-order valence-corrected chi connectivity index (χ0v) is 17.7. The molecule has 33 heavy (non-hydrogen) atoms. The zero-order chi connectivity index (χ0) is 22.0. The molecule has 0 aliphatic rings. The molecule has 0 aliphatic heterocycles. The number of aromatic nitrogens is 3. The molecule has 0 atom stereocenters. The highest BCUT2D eigenvalue weighted by Gasteiger charge is 2.17. The van der Waals surface area contributed by atoms with E-state index >= 15 is 0 Å². The molecular weight excluding hydrogens is 408 g/mol. The fourth-order valence-electron chi connectivity index (χ4n) is 3.92. The van der Waals surface area contributed by atoms with Crippen LogP contribution in [0.1, 0.15) is 0 Å². The van der Waals surface area contributed by atoms with E-state index < -0.39 is 0 Å². The first-order valence-corrected chi connectivity index (χ1v) is 10.8. The summed E-state index contributed by atoms with van der Waals surface area (Å²) in [6.45, 7) is 0. The Kier molecular flexibility index (Phi) is 4.70. The number of fused-ring (bicyclic) bond motifs is 1. The summed E-state index contributed by atoms with van der Waals surface area (Å²) in [5, 5.41) is 1.06. The van der Waals surface area contributed by atoms with Gasteiger partial charge in [0.15, 0.2) is 5.76 Å². The van der Waals surface area contributed by atoms with E-state index in [9.17, 15) is 0 Å². The van der Waals surface area contributed by atoms with Gasteiger partial charge < -0.3 is 8.98 Å². The highest BCUT2D eigenvalue weighted by molar-refractivity contribution is 5.82. The van der Waals surface area contributed by atoms with Crippen molar-refractivity contribution in [1.82, 2.24) is 14.5 Å². The maximum Gasteiger partial charge on any atom is 0.153 e.